The minimum absolute atomic E-state index is 0.0338. The Labute approximate surface area is 240 Å². The molecule has 15 nitrogen and oxygen atoms in total. The number of rotatable bonds is 10. The highest BCUT2D eigenvalue weighted by molar-refractivity contribution is 5.79. The lowest BCUT2D eigenvalue weighted by molar-refractivity contribution is -0.502. The normalized spacial score (nSPS) is 18.5. The number of anilines is 3. The van der Waals surface area contributed by atoms with Crippen LogP contribution in [0.1, 0.15) is 29.8 Å². The highest BCUT2D eigenvalue weighted by Gasteiger charge is 2.50. The number of hydrogen-bond acceptors (Lipinski definition) is 14. The summed E-state index contributed by atoms with van der Waals surface area (Å²) in [6.07, 6.45) is 9.63. The zero-order chi connectivity index (χ0) is 30.8. The Morgan fingerprint density at radius 1 is 1.05 bits per heavy atom. The van der Waals surface area contributed by atoms with Crippen LogP contribution >= 0.6 is 0 Å². The molecule has 2 atom stereocenters. The fourth-order valence-corrected chi connectivity index (χ4v) is 4.12. The number of ether oxygens (including phenoxy) is 1. The number of alkyl halides is 3. The first kappa shape index (κ1) is 29.9. The van der Waals surface area contributed by atoms with Crippen LogP contribution in [0.25, 0.3) is 6.08 Å². The molecule has 8 N–H and O–H groups in total. The summed E-state index contributed by atoms with van der Waals surface area (Å²) in [5.74, 6) is -8.26. The third-order valence-electron chi connectivity index (χ3n) is 6.32. The Hall–Kier alpha value is -4.62. The van der Waals surface area contributed by atoms with Crippen molar-refractivity contribution in [3.63, 3.8) is 0 Å². The molecule has 5 rings (SSSR count). The van der Waals surface area contributed by atoms with E-state index in [0.717, 1.165) is 11.6 Å². The summed E-state index contributed by atoms with van der Waals surface area (Å²) in [7, 11) is 0. The van der Waals surface area contributed by atoms with E-state index in [1.165, 1.54) is 18.6 Å². The number of nitrogens with one attached hydrogen (secondary N) is 3. The Bertz CT molecular complexity index is 1520. The molecule has 228 valence electrons. The second-order valence-electron chi connectivity index (χ2n) is 9.55. The number of fused-ring (bicyclic) bond motifs is 1. The number of aliphatic hydroxyl groups is 5. The van der Waals surface area contributed by atoms with Gasteiger partial charge in [0.1, 0.15) is 24.9 Å². The van der Waals surface area contributed by atoms with Crippen molar-refractivity contribution in [3.05, 3.63) is 72.1 Å². The van der Waals surface area contributed by atoms with E-state index in [0.29, 0.717) is 24.2 Å². The SMILES string of the molecule is OC(O)(O)C(O)(O)Oc1ccc(C2C=Cc3nc(NCC4=CCC(n5cncn5)C=C4)nc(NCC(F)(F)F)c3N2)cn1. The van der Waals surface area contributed by atoms with Gasteiger partial charge in [-0.15, -0.1) is 0 Å². The van der Waals surface area contributed by atoms with Gasteiger partial charge in [-0.1, -0.05) is 24.3 Å². The van der Waals surface area contributed by atoms with Gasteiger partial charge in [-0.25, -0.2) is 19.6 Å². The van der Waals surface area contributed by atoms with Crippen molar-refractivity contribution in [2.45, 2.75) is 36.6 Å². The van der Waals surface area contributed by atoms with Crippen molar-refractivity contribution in [2.75, 3.05) is 29.0 Å². The van der Waals surface area contributed by atoms with Gasteiger partial charge in [-0.3, -0.25) is 0 Å². The molecule has 0 saturated carbocycles. The second-order valence-corrected chi connectivity index (χ2v) is 9.55. The molecule has 2 unspecified atom stereocenters. The fraction of sp³-hybridized carbons (Fsp3) is 0.320. The topological polar surface area (TPSA) is 216 Å². The van der Waals surface area contributed by atoms with Crippen LogP contribution in [0.4, 0.5) is 30.6 Å². The molecule has 0 radical (unpaired) electrons. The molecule has 1 aliphatic heterocycles. The lowest BCUT2D eigenvalue weighted by atomic mass is 10.0. The molecule has 3 aromatic heterocycles. The molecule has 0 saturated heterocycles. The van der Waals surface area contributed by atoms with Crippen LogP contribution in [-0.2, 0) is 0 Å². The minimum atomic E-state index is -4.52. The average Bonchev–Trinajstić information content (AvgIpc) is 3.49. The lowest BCUT2D eigenvalue weighted by Crippen LogP contribution is -2.58. The Balaban J connectivity index is 1.30. The molecule has 43 heavy (non-hydrogen) atoms. The monoisotopic (exact) mass is 605 g/mol. The van der Waals surface area contributed by atoms with Gasteiger partial charge in [0.25, 0.3) is 0 Å². The maximum atomic E-state index is 13.1. The summed E-state index contributed by atoms with van der Waals surface area (Å²) in [4.78, 5) is 16.5. The zero-order valence-corrected chi connectivity index (χ0v) is 22.0. The maximum Gasteiger partial charge on any atom is 0.410 e. The van der Waals surface area contributed by atoms with Crippen LogP contribution in [0.15, 0.2) is 60.9 Å². The molecule has 0 bridgehead atoms. The summed E-state index contributed by atoms with van der Waals surface area (Å²) in [5, 5.41) is 58.4. The number of pyridine rings is 1. The number of nitrogens with zero attached hydrogens (tertiary/aromatic N) is 6. The quantitative estimate of drug-likeness (QED) is 0.150. The molecule has 3 aromatic rings. The van der Waals surface area contributed by atoms with Crippen LogP contribution in [0.2, 0.25) is 0 Å². The van der Waals surface area contributed by atoms with E-state index < -0.39 is 36.6 Å². The van der Waals surface area contributed by atoms with E-state index >= 15 is 0 Å². The Morgan fingerprint density at radius 3 is 2.49 bits per heavy atom. The largest absolute Gasteiger partial charge is 0.415 e. The first-order valence-electron chi connectivity index (χ1n) is 12.7. The molecule has 1 aliphatic carbocycles. The summed E-state index contributed by atoms with van der Waals surface area (Å²) in [6.45, 7) is -1.02. The van der Waals surface area contributed by atoms with Crippen molar-refractivity contribution in [1.82, 2.24) is 29.7 Å². The van der Waals surface area contributed by atoms with Crippen LogP contribution in [0, 0.1) is 0 Å². The molecule has 4 heterocycles. The third-order valence-corrected chi connectivity index (χ3v) is 6.32. The molecule has 0 amide bonds. The van der Waals surface area contributed by atoms with Gasteiger partial charge in [0.05, 0.1) is 17.8 Å². The predicted molar refractivity (Wildman–Crippen MR) is 143 cm³/mol. The van der Waals surface area contributed by atoms with Crippen LogP contribution < -0.4 is 20.7 Å². The van der Waals surface area contributed by atoms with Crippen molar-refractivity contribution in [1.29, 1.82) is 0 Å². The fourth-order valence-electron chi connectivity index (χ4n) is 4.12. The molecular weight excluding hydrogens is 579 g/mol. The summed E-state index contributed by atoms with van der Waals surface area (Å²) in [5.41, 5.74) is 1.91. The highest BCUT2D eigenvalue weighted by Crippen LogP contribution is 2.35. The molecule has 18 heteroatoms. The third kappa shape index (κ3) is 7.24. The zero-order valence-electron chi connectivity index (χ0n) is 22.0. The second kappa shape index (κ2) is 11.6. The predicted octanol–water partition coefficient (Wildman–Crippen LogP) is 0.805. The summed E-state index contributed by atoms with van der Waals surface area (Å²) in [6, 6.07) is 1.96. The van der Waals surface area contributed by atoms with Gasteiger partial charge in [0, 0.05) is 18.8 Å². The van der Waals surface area contributed by atoms with Gasteiger partial charge in [-0.2, -0.15) is 23.3 Å². The first-order valence-corrected chi connectivity index (χ1v) is 12.7. The minimum Gasteiger partial charge on any atom is -0.415 e. The van der Waals surface area contributed by atoms with Crippen LogP contribution in [-0.4, -0.2) is 86.5 Å². The van der Waals surface area contributed by atoms with Crippen molar-refractivity contribution in [3.8, 4) is 5.88 Å². The van der Waals surface area contributed by atoms with Gasteiger partial charge >= 0.3 is 18.1 Å². The Kier molecular flexibility index (Phi) is 8.04. The van der Waals surface area contributed by atoms with Crippen molar-refractivity contribution >= 4 is 23.5 Å². The first-order chi connectivity index (χ1) is 20.3. The van der Waals surface area contributed by atoms with Crippen LogP contribution in [0.5, 0.6) is 5.88 Å². The molecule has 0 spiro atoms. The molecule has 0 aromatic carbocycles. The van der Waals surface area contributed by atoms with E-state index in [1.54, 1.807) is 23.2 Å². The number of aromatic nitrogens is 6. The number of hydrogen-bond donors (Lipinski definition) is 8. The van der Waals surface area contributed by atoms with E-state index in [2.05, 4.69) is 45.7 Å². The van der Waals surface area contributed by atoms with Crippen molar-refractivity contribution < 1.29 is 43.4 Å². The van der Waals surface area contributed by atoms with Gasteiger partial charge in [0.2, 0.25) is 11.8 Å². The maximum absolute atomic E-state index is 13.1. The standard InChI is InChI=1S/C25H26F3N9O6/c26-23(27,28)11-32-21-20-18(35-22(36-21)31-9-14-1-4-16(5-2-14)37-13-29-12-33-37)7-6-17(34-20)15-3-8-19(30-10-15)43-25(41,42)24(38,39)40/h1-4,6-8,10,12-13,16-17,34,38-42H,5,9,11H2,(H2,31,32,35,36). The van der Waals surface area contributed by atoms with Gasteiger partial charge < -0.3 is 46.2 Å². The summed E-state index contributed by atoms with van der Waals surface area (Å²) < 4.78 is 45.5. The van der Waals surface area contributed by atoms with Crippen molar-refractivity contribution in [2.24, 2.45) is 0 Å². The van der Waals surface area contributed by atoms with Gasteiger partial charge in [-0.05, 0) is 29.7 Å². The van der Waals surface area contributed by atoms with Crippen LogP contribution in [0.3, 0.4) is 0 Å². The molecule has 0 fully saturated rings. The molecule has 2 aliphatic rings. The number of halogens is 3. The van der Waals surface area contributed by atoms with E-state index in [1.807, 2.05) is 18.2 Å². The summed E-state index contributed by atoms with van der Waals surface area (Å²) >= 11 is 0. The van der Waals surface area contributed by atoms with E-state index in [4.69, 9.17) is 15.3 Å². The smallest absolute Gasteiger partial charge is 0.410 e. The van der Waals surface area contributed by atoms with E-state index in [9.17, 15) is 23.4 Å². The average molecular weight is 606 g/mol. The molecular formula is C25H26F3N9O6. The number of allylic oxidation sites excluding steroid dienone is 2. The highest BCUT2D eigenvalue weighted by atomic mass is 19.4. The lowest BCUT2D eigenvalue weighted by Gasteiger charge is -2.29. The van der Waals surface area contributed by atoms with E-state index in [-0.39, 0.29) is 23.5 Å². The van der Waals surface area contributed by atoms with Gasteiger partial charge in [0.15, 0.2) is 5.82 Å². The Morgan fingerprint density at radius 2 is 1.86 bits per heavy atom.